The molecule has 0 atom stereocenters. The molecule has 0 saturated heterocycles. The molecule has 22 heavy (non-hydrogen) atoms. The molecule has 0 radical (unpaired) electrons. The number of benzene rings is 2. The third-order valence-electron chi connectivity index (χ3n) is 3.56. The van der Waals surface area contributed by atoms with Gasteiger partial charge in [0.1, 0.15) is 0 Å². The molecular formula is C17H17IN2O2. The van der Waals surface area contributed by atoms with Crippen LogP contribution in [0.1, 0.15) is 13.8 Å². The Hall–Kier alpha value is -2.07. The molecule has 0 unspecified atom stereocenters. The van der Waals surface area contributed by atoms with E-state index in [1.807, 2.05) is 74.5 Å². The van der Waals surface area contributed by atoms with Crippen LogP contribution in [0.25, 0.3) is 0 Å². The first-order valence-corrected chi connectivity index (χ1v) is 12.1. The van der Waals surface area contributed by atoms with Crippen LogP contribution < -0.4 is 0 Å². The van der Waals surface area contributed by atoms with Crippen molar-refractivity contribution in [1.29, 1.82) is 0 Å². The number of rotatable bonds is 5. The van der Waals surface area contributed by atoms with E-state index in [2.05, 4.69) is 6.41 Å². The monoisotopic (exact) mass is 408 g/mol. The van der Waals surface area contributed by atoms with Crippen molar-refractivity contribution in [2.75, 3.05) is 0 Å². The molecule has 0 fully saturated rings. The van der Waals surface area contributed by atoms with Crippen LogP contribution in [0.4, 0.5) is 0 Å². The Bertz CT molecular complexity index is 685. The predicted octanol–water partition coefficient (Wildman–Crippen LogP) is 4.21. The summed E-state index contributed by atoms with van der Waals surface area (Å²) in [5.74, 6) is 0. The van der Waals surface area contributed by atoms with E-state index >= 15 is 0 Å². The van der Waals surface area contributed by atoms with Gasteiger partial charge in [-0.05, 0) is 0 Å². The number of halogens is 1. The van der Waals surface area contributed by atoms with E-state index < -0.39 is 17.6 Å². The number of hydrogen-bond donors (Lipinski definition) is 0. The molecule has 2 aromatic carbocycles. The zero-order valence-electron chi connectivity index (χ0n) is 12.4. The predicted molar refractivity (Wildman–Crippen MR) is 95.7 cm³/mol. The Morgan fingerprint density at radius 3 is 1.41 bits per heavy atom. The summed E-state index contributed by atoms with van der Waals surface area (Å²) in [6, 6.07) is 18.7. The Morgan fingerprint density at radius 1 is 0.773 bits per heavy atom. The van der Waals surface area contributed by atoms with Gasteiger partial charge in [0, 0.05) is 0 Å². The molecule has 0 spiro atoms. The van der Waals surface area contributed by atoms with E-state index in [9.17, 15) is 9.59 Å². The third kappa shape index (κ3) is 2.24. The number of carbonyl (C=O) groups excluding carboxylic acids is 2. The fourth-order valence-electron chi connectivity index (χ4n) is 2.51. The summed E-state index contributed by atoms with van der Waals surface area (Å²) in [6.07, 6.45) is 3.39. The molecule has 0 aliphatic heterocycles. The molecule has 2 aromatic rings. The topological polar surface area (TPSA) is 58.9 Å². The number of isocyanates is 2. The summed E-state index contributed by atoms with van der Waals surface area (Å²) in [7, 11) is 0. The molecule has 0 aliphatic carbocycles. The molecule has 0 N–H and O–H groups in total. The van der Waals surface area contributed by atoms with Crippen LogP contribution in [0.2, 0.25) is 0 Å². The Morgan fingerprint density at radius 2 is 1.14 bits per heavy atom. The van der Waals surface area contributed by atoms with Gasteiger partial charge in [0.05, 0.1) is 0 Å². The van der Waals surface area contributed by atoms with E-state index in [0.29, 0.717) is 0 Å². The SMILES string of the molecule is CC(C)I(N=C=O)(N=C=O)(c1ccccc1)c1ccccc1. The molecule has 0 saturated carbocycles. The molecule has 114 valence electrons. The van der Waals surface area contributed by atoms with Gasteiger partial charge in [0.15, 0.2) is 0 Å². The van der Waals surface area contributed by atoms with Crippen LogP contribution in [0.3, 0.4) is 0 Å². The van der Waals surface area contributed by atoms with E-state index in [-0.39, 0.29) is 3.92 Å². The standard InChI is InChI=1S/C17H17IN2O2/c1-15(2)18(19-13-21,20-14-22,16-9-5-3-6-10-16)17-11-7-4-8-12-17/h3-12,15H,1-2H3. The summed E-state index contributed by atoms with van der Waals surface area (Å²) in [5.41, 5.74) is 0. The van der Waals surface area contributed by atoms with E-state index in [4.69, 9.17) is 0 Å². The molecule has 0 amide bonds. The average molecular weight is 408 g/mol. The summed E-state index contributed by atoms with van der Waals surface area (Å²) in [4.78, 5) is 22.6. The van der Waals surface area contributed by atoms with Crippen molar-refractivity contribution in [2.24, 2.45) is 6.41 Å². The molecule has 0 aromatic heterocycles. The van der Waals surface area contributed by atoms with Crippen molar-refractivity contribution in [1.82, 2.24) is 0 Å². The van der Waals surface area contributed by atoms with Crippen molar-refractivity contribution in [2.45, 2.75) is 17.8 Å². The van der Waals surface area contributed by atoms with Crippen LogP contribution >= 0.6 is 17.6 Å². The average Bonchev–Trinajstić information content (AvgIpc) is 2.56. The minimum absolute atomic E-state index is 0.127. The first-order chi connectivity index (χ1) is 10.6. The fraction of sp³-hybridized carbons (Fsp3) is 0.176. The van der Waals surface area contributed by atoms with Crippen LogP contribution in [0, 0.1) is 7.14 Å². The molecule has 5 heteroatoms. The van der Waals surface area contributed by atoms with Crippen LogP contribution in [0.15, 0.2) is 67.1 Å². The van der Waals surface area contributed by atoms with Crippen LogP contribution in [-0.4, -0.2) is 16.1 Å². The van der Waals surface area contributed by atoms with Gasteiger partial charge >= 0.3 is 131 Å². The van der Waals surface area contributed by atoms with Crippen molar-refractivity contribution >= 4 is 29.8 Å². The second-order valence-corrected chi connectivity index (χ2v) is 16.1. The van der Waals surface area contributed by atoms with Crippen molar-refractivity contribution < 1.29 is 9.59 Å². The van der Waals surface area contributed by atoms with Crippen molar-refractivity contribution in [3.05, 3.63) is 67.8 Å². The van der Waals surface area contributed by atoms with Crippen LogP contribution in [-0.2, 0) is 9.59 Å². The zero-order valence-corrected chi connectivity index (χ0v) is 14.6. The Kier molecular flexibility index (Phi) is 4.71. The van der Waals surface area contributed by atoms with E-state index in [0.717, 1.165) is 7.14 Å². The summed E-state index contributed by atoms with van der Waals surface area (Å²) >= 11 is -4.57. The summed E-state index contributed by atoms with van der Waals surface area (Å²) in [5, 5.41) is 0. The van der Waals surface area contributed by atoms with Crippen molar-refractivity contribution in [3.63, 3.8) is 0 Å². The minimum atomic E-state index is -4.57. The van der Waals surface area contributed by atoms with E-state index in [1.165, 1.54) is 0 Å². The molecule has 0 bridgehead atoms. The summed E-state index contributed by atoms with van der Waals surface area (Å²) in [6.45, 7) is 3.88. The second-order valence-electron chi connectivity index (χ2n) is 4.88. The van der Waals surface area contributed by atoms with Gasteiger partial charge in [-0.2, -0.15) is 0 Å². The first kappa shape index (κ1) is 16.3. The number of alkyl halides is 1. The van der Waals surface area contributed by atoms with Crippen molar-refractivity contribution in [3.8, 4) is 0 Å². The molecule has 0 aliphatic rings. The van der Waals surface area contributed by atoms with E-state index in [1.54, 1.807) is 12.2 Å². The van der Waals surface area contributed by atoms with Gasteiger partial charge in [-0.25, -0.2) is 0 Å². The zero-order chi connectivity index (χ0) is 16.1. The maximum absolute atomic E-state index is 11.3. The molecular weight excluding hydrogens is 391 g/mol. The first-order valence-electron chi connectivity index (χ1n) is 6.77. The molecule has 4 nitrogen and oxygen atoms in total. The molecule has 0 heterocycles. The molecule has 2 rings (SSSR count). The fourth-order valence-corrected chi connectivity index (χ4v) is 12.9. The van der Waals surface area contributed by atoms with Gasteiger partial charge in [-0.1, -0.05) is 0 Å². The normalized spacial score (nSPS) is 12.6. The van der Waals surface area contributed by atoms with Gasteiger partial charge in [0.25, 0.3) is 0 Å². The number of nitrogens with zero attached hydrogens (tertiary/aromatic N) is 2. The quantitative estimate of drug-likeness (QED) is 0.322. The third-order valence-corrected chi connectivity index (χ3v) is 17.0. The Labute approximate surface area is 131 Å². The Balaban J connectivity index is 3.07. The summed E-state index contributed by atoms with van der Waals surface area (Å²) < 4.78 is 10.0. The van der Waals surface area contributed by atoms with Gasteiger partial charge < -0.3 is 0 Å². The maximum atomic E-state index is 11.3. The van der Waals surface area contributed by atoms with Gasteiger partial charge in [-0.3, -0.25) is 0 Å². The van der Waals surface area contributed by atoms with Gasteiger partial charge in [0.2, 0.25) is 0 Å². The van der Waals surface area contributed by atoms with Gasteiger partial charge in [-0.15, -0.1) is 0 Å². The number of hydrogen-bond acceptors (Lipinski definition) is 4. The second kappa shape index (κ2) is 6.36. The van der Waals surface area contributed by atoms with Crippen LogP contribution in [0.5, 0.6) is 0 Å².